The lowest BCUT2D eigenvalue weighted by atomic mass is 10.3. The topological polar surface area (TPSA) is 93.7 Å². The number of nitrogens with one attached hydrogen (secondary N) is 2. The molecule has 2 aromatic carbocycles. The quantitative estimate of drug-likeness (QED) is 0.724. The molecule has 0 bridgehead atoms. The third-order valence-corrected chi connectivity index (χ3v) is 4.39. The van der Waals surface area contributed by atoms with Gasteiger partial charge in [0.2, 0.25) is 0 Å². The summed E-state index contributed by atoms with van der Waals surface area (Å²) in [6.07, 6.45) is 0. The van der Waals surface area contributed by atoms with E-state index in [0.717, 1.165) is 0 Å². The molecule has 0 atom stereocenters. The maximum Gasteiger partial charge on any atom is 0.272 e. The highest BCUT2D eigenvalue weighted by molar-refractivity contribution is 7.89. The molecule has 2 aromatic rings. The van der Waals surface area contributed by atoms with Crippen LogP contribution in [-0.2, 0) is 14.8 Å². The van der Waals surface area contributed by atoms with E-state index in [9.17, 15) is 13.2 Å². The van der Waals surface area contributed by atoms with Gasteiger partial charge in [0.1, 0.15) is 0 Å². The molecule has 128 valence electrons. The van der Waals surface area contributed by atoms with Crippen LogP contribution < -0.4 is 19.7 Å². The number of methoxy groups -OCH3 is 1. The van der Waals surface area contributed by atoms with Gasteiger partial charge < -0.3 is 9.47 Å². The Kier molecular flexibility index (Phi) is 6.02. The van der Waals surface area contributed by atoms with Crippen molar-refractivity contribution in [3.8, 4) is 11.5 Å². The van der Waals surface area contributed by atoms with E-state index in [4.69, 9.17) is 21.1 Å². The van der Waals surface area contributed by atoms with Gasteiger partial charge in [-0.25, -0.2) is 8.42 Å². The van der Waals surface area contributed by atoms with Gasteiger partial charge in [0.15, 0.2) is 18.1 Å². The van der Waals surface area contributed by atoms with E-state index in [2.05, 4.69) is 5.43 Å². The molecule has 0 aliphatic heterocycles. The molecule has 9 heteroatoms. The highest BCUT2D eigenvalue weighted by Crippen LogP contribution is 2.25. The van der Waals surface area contributed by atoms with Crippen molar-refractivity contribution in [3.63, 3.8) is 0 Å². The molecule has 0 heterocycles. The highest BCUT2D eigenvalue weighted by Gasteiger charge is 2.15. The number of carbonyl (C=O) groups is 1. The minimum absolute atomic E-state index is 0.0298. The van der Waals surface area contributed by atoms with Crippen molar-refractivity contribution in [3.05, 3.63) is 53.6 Å². The molecular weight excluding hydrogens is 356 g/mol. The molecule has 1 amide bonds. The molecule has 0 unspecified atom stereocenters. The van der Waals surface area contributed by atoms with E-state index < -0.39 is 15.9 Å². The molecule has 0 radical (unpaired) electrons. The van der Waals surface area contributed by atoms with Gasteiger partial charge in [0.05, 0.1) is 12.0 Å². The molecule has 2 rings (SSSR count). The van der Waals surface area contributed by atoms with Crippen molar-refractivity contribution in [2.24, 2.45) is 0 Å². The Balaban J connectivity index is 1.90. The number of rotatable bonds is 7. The Morgan fingerprint density at radius 2 is 1.71 bits per heavy atom. The first-order valence-electron chi connectivity index (χ1n) is 6.74. The molecule has 0 fully saturated rings. The van der Waals surface area contributed by atoms with Crippen LogP contribution in [0.1, 0.15) is 0 Å². The molecule has 0 saturated carbocycles. The zero-order valence-corrected chi connectivity index (χ0v) is 14.2. The van der Waals surface area contributed by atoms with Crippen LogP contribution in [0.3, 0.4) is 0 Å². The number of hydrogen-bond donors (Lipinski definition) is 2. The van der Waals surface area contributed by atoms with E-state index in [0.29, 0.717) is 16.5 Å². The van der Waals surface area contributed by atoms with Gasteiger partial charge in [-0.15, -0.1) is 4.83 Å². The minimum Gasteiger partial charge on any atom is -0.493 e. The van der Waals surface area contributed by atoms with Crippen molar-refractivity contribution in [2.75, 3.05) is 13.7 Å². The van der Waals surface area contributed by atoms with Crippen molar-refractivity contribution >= 4 is 27.5 Å². The molecule has 7 nitrogen and oxygen atoms in total. The second-order valence-corrected chi connectivity index (χ2v) is 6.67. The van der Waals surface area contributed by atoms with Gasteiger partial charge >= 0.3 is 0 Å². The number of benzene rings is 2. The SMILES string of the molecule is COc1ccccc1OCC(=O)NNS(=O)(=O)c1ccc(Cl)cc1. The van der Waals surface area contributed by atoms with Crippen LogP contribution in [0.2, 0.25) is 5.02 Å². The summed E-state index contributed by atoms with van der Waals surface area (Å²) in [5.74, 6) is 0.168. The van der Waals surface area contributed by atoms with E-state index in [-0.39, 0.29) is 11.5 Å². The van der Waals surface area contributed by atoms with Gasteiger partial charge in [0.25, 0.3) is 15.9 Å². The standard InChI is InChI=1S/C15H15ClN2O5S/c1-22-13-4-2-3-5-14(13)23-10-15(19)17-18-24(20,21)12-8-6-11(16)7-9-12/h2-9,18H,10H2,1H3,(H,17,19). The zero-order chi connectivity index (χ0) is 17.6. The van der Waals surface area contributed by atoms with Crippen LogP contribution >= 0.6 is 11.6 Å². The fraction of sp³-hybridized carbons (Fsp3) is 0.133. The summed E-state index contributed by atoms with van der Waals surface area (Å²) < 4.78 is 34.4. The van der Waals surface area contributed by atoms with Crippen LogP contribution in [0.4, 0.5) is 0 Å². The van der Waals surface area contributed by atoms with Crippen LogP contribution in [0, 0.1) is 0 Å². The first-order valence-corrected chi connectivity index (χ1v) is 8.60. The average Bonchev–Trinajstić information content (AvgIpc) is 2.59. The Morgan fingerprint density at radius 1 is 1.08 bits per heavy atom. The minimum atomic E-state index is -3.89. The summed E-state index contributed by atoms with van der Waals surface area (Å²) >= 11 is 5.70. The molecule has 0 aliphatic rings. The maximum atomic E-state index is 12.0. The van der Waals surface area contributed by atoms with Crippen LogP contribution in [0.5, 0.6) is 11.5 Å². The smallest absolute Gasteiger partial charge is 0.272 e. The predicted octanol–water partition coefficient (Wildman–Crippen LogP) is 1.74. The summed E-state index contributed by atoms with van der Waals surface area (Å²) in [5.41, 5.74) is 2.07. The lowest BCUT2D eigenvalue weighted by Crippen LogP contribution is -2.43. The third-order valence-electron chi connectivity index (χ3n) is 2.88. The van der Waals surface area contributed by atoms with Crippen molar-refractivity contribution in [2.45, 2.75) is 4.90 Å². The Morgan fingerprint density at radius 3 is 2.33 bits per heavy atom. The molecule has 0 aromatic heterocycles. The number of ether oxygens (including phenoxy) is 2. The molecular formula is C15H15ClN2O5S. The number of amides is 1. The fourth-order valence-corrected chi connectivity index (χ4v) is 2.70. The molecule has 2 N–H and O–H groups in total. The lowest BCUT2D eigenvalue weighted by molar-refractivity contribution is -0.123. The first-order chi connectivity index (χ1) is 11.4. The second-order valence-electron chi connectivity index (χ2n) is 4.55. The molecule has 0 spiro atoms. The van der Waals surface area contributed by atoms with Crippen molar-refractivity contribution < 1.29 is 22.7 Å². The number of hydrazine groups is 1. The number of carbonyl (C=O) groups excluding carboxylic acids is 1. The van der Waals surface area contributed by atoms with E-state index >= 15 is 0 Å². The number of para-hydroxylation sites is 2. The first kappa shape index (κ1) is 18.1. The maximum absolute atomic E-state index is 12.0. The largest absolute Gasteiger partial charge is 0.493 e. The fourth-order valence-electron chi connectivity index (χ4n) is 1.71. The van der Waals surface area contributed by atoms with Gasteiger partial charge in [-0.05, 0) is 36.4 Å². The Bertz CT molecular complexity index is 809. The summed E-state index contributed by atoms with van der Waals surface area (Å²) in [5, 5.41) is 0.406. The number of halogens is 1. The van der Waals surface area contributed by atoms with Gasteiger partial charge in [-0.2, -0.15) is 0 Å². The van der Waals surface area contributed by atoms with Crippen LogP contribution in [-0.4, -0.2) is 28.0 Å². The van der Waals surface area contributed by atoms with Crippen molar-refractivity contribution in [1.82, 2.24) is 10.3 Å². The normalized spacial score (nSPS) is 10.9. The van der Waals surface area contributed by atoms with Crippen LogP contribution in [0.25, 0.3) is 0 Å². The van der Waals surface area contributed by atoms with Gasteiger partial charge in [-0.1, -0.05) is 23.7 Å². The Hall–Kier alpha value is -2.29. The zero-order valence-electron chi connectivity index (χ0n) is 12.7. The predicted molar refractivity (Wildman–Crippen MR) is 88.4 cm³/mol. The number of hydrogen-bond acceptors (Lipinski definition) is 5. The summed E-state index contributed by atoms with van der Waals surface area (Å²) in [7, 11) is -2.41. The summed E-state index contributed by atoms with van der Waals surface area (Å²) in [6, 6.07) is 12.3. The van der Waals surface area contributed by atoms with Gasteiger partial charge in [0, 0.05) is 5.02 Å². The highest BCUT2D eigenvalue weighted by atomic mass is 35.5. The summed E-state index contributed by atoms with van der Waals surface area (Å²) in [4.78, 5) is 13.7. The van der Waals surface area contributed by atoms with Crippen molar-refractivity contribution in [1.29, 1.82) is 0 Å². The van der Waals surface area contributed by atoms with Crippen LogP contribution in [0.15, 0.2) is 53.4 Å². The van der Waals surface area contributed by atoms with E-state index in [1.807, 2.05) is 4.83 Å². The van der Waals surface area contributed by atoms with E-state index in [1.165, 1.54) is 31.4 Å². The average molecular weight is 371 g/mol. The second kappa shape index (κ2) is 8.00. The van der Waals surface area contributed by atoms with E-state index in [1.54, 1.807) is 24.3 Å². The molecule has 0 aliphatic carbocycles. The Labute approximate surface area is 144 Å². The van der Waals surface area contributed by atoms with Gasteiger partial charge in [-0.3, -0.25) is 10.2 Å². The molecule has 24 heavy (non-hydrogen) atoms. The lowest BCUT2D eigenvalue weighted by Gasteiger charge is -2.11. The third kappa shape index (κ3) is 4.85. The summed E-state index contributed by atoms with van der Waals surface area (Å²) in [6.45, 7) is -0.385. The number of sulfonamides is 1. The molecule has 0 saturated heterocycles. The monoisotopic (exact) mass is 370 g/mol.